The molecule has 0 aromatic heterocycles. The van der Waals surface area contributed by atoms with Crippen LogP contribution in [0.3, 0.4) is 0 Å². The molecule has 0 aliphatic carbocycles. The van der Waals surface area contributed by atoms with Gasteiger partial charge in [-0.05, 0) is 18.9 Å². The van der Waals surface area contributed by atoms with Crippen molar-refractivity contribution in [2.24, 2.45) is 0 Å². The minimum atomic E-state index is -0.0419. The Labute approximate surface area is 107 Å². The normalized spacial score (nSPS) is 12.1. The summed E-state index contributed by atoms with van der Waals surface area (Å²) in [6.07, 6.45) is 12.7. The minimum absolute atomic E-state index is 0.0419. The molecule has 0 aliphatic heterocycles. The molecule has 0 aliphatic rings. The molecule has 1 unspecified atom stereocenters. The zero-order valence-corrected chi connectivity index (χ0v) is 11.6. The topological polar surface area (TPSA) is 29.1 Å². The lowest BCUT2D eigenvalue weighted by Gasteiger charge is -2.15. The third kappa shape index (κ3) is 10.1. The maximum atomic E-state index is 11.2. The fourth-order valence-electron chi connectivity index (χ4n) is 1.99. The van der Waals surface area contributed by atoms with Crippen LogP contribution >= 0.6 is 0 Å². The highest BCUT2D eigenvalue weighted by molar-refractivity contribution is 5.87. The Morgan fingerprint density at radius 3 is 2.24 bits per heavy atom. The number of hydrogen-bond donors (Lipinski definition) is 1. The highest BCUT2D eigenvalue weighted by atomic mass is 16.1. The first-order valence-corrected chi connectivity index (χ1v) is 7.17. The highest BCUT2D eigenvalue weighted by Crippen LogP contribution is 2.10. The molecule has 0 heterocycles. The van der Waals surface area contributed by atoms with Gasteiger partial charge in [-0.2, -0.15) is 0 Å². The van der Waals surface area contributed by atoms with Gasteiger partial charge in [0.1, 0.15) is 0 Å². The number of nitrogens with one attached hydrogen (secondary N) is 1. The summed E-state index contributed by atoms with van der Waals surface area (Å²) in [5, 5.41) is 2.97. The first kappa shape index (κ1) is 16.2. The Balaban J connectivity index is 3.43. The minimum Gasteiger partial charge on any atom is -0.350 e. The van der Waals surface area contributed by atoms with Crippen LogP contribution < -0.4 is 5.32 Å². The molecule has 0 saturated carbocycles. The molecule has 1 atom stereocenters. The lowest BCUT2D eigenvalue weighted by molar-refractivity contribution is -0.117. The predicted octanol–water partition coefficient (Wildman–Crippen LogP) is 4.21. The quantitative estimate of drug-likeness (QED) is 0.425. The molecule has 0 saturated heterocycles. The van der Waals surface area contributed by atoms with E-state index < -0.39 is 0 Å². The predicted molar refractivity (Wildman–Crippen MR) is 75.0 cm³/mol. The van der Waals surface area contributed by atoms with E-state index in [1.807, 2.05) is 0 Å². The average molecular weight is 239 g/mol. The monoisotopic (exact) mass is 239 g/mol. The van der Waals surface area contributed by atoms with Gasteiger partial charge in [-0.3, -0.25) is 4.79 Å². The van der Waals surface area contributed by atoms with Crippen LogP contribution in [0.15, 0.2) is 12.7 Å². The van der Waals surface area contributed by atoms with E-state index in [4.69, 9.17) is 0 Å². The molecule has 0 fully saturated rings. The number of unbranched alkanes of at least 4 members (excludes halogenated alkanes) is 6. The van der Waals surface area contributed by atoms with Gasteiger partial charge < -0.3 is 5.32 Å². The van der Waals surface area contributed by atoms with Crippen molar-refractivity contribution in [1.29, 1.82) is 0 Å². The summed E-state index contributed by atoms with van der Waals surface area (Å²) in [6.45, 7) is 7.84. The van der Waals surface area contributed by atoms with Gasteiger partial charge in [-0.25, -0.2) is 0 Å². The molecule has 0 radical (unpaired) electrons. The SMILES string of the molecule is C=CC(=O)NC(CC)CCCCCCCCC. The molecule has 1 N–H and O–H groups in total. The summed E-state index contributed by atoms with van der Waals surface area (Å²) in [5.41, 5.74) is 0. The van der Waals surface area contributed by atoms with Gasteiger partial charge in [0.15, 0.2) is 0 Å². The van der Waals surface area contributed by atoms with Crippen molar-refractivity contribution in [2.75, 3.05) is 0 Å². The van der Waals surface area contributed by atoms with Gasteiger partial charge in [0.2, 0.25) is 5.91 Å². The second-order valence-electron chi connectivity index (χ2n) is 4.73. The Morgan fingerprint density at radius 2 is 1.71 bits per heavy atom. The molecule has 0 rings (SSSR count). The van der Waals surface area contributed by atoms with Gasteiger partial charge in [0.05, 0.1) is 0 Å². The average Bonchev–Trinajstić information content (AvgIpc) is 2.35. The molecule has 100 valence electrons. The molecule has 0 aromatic rings. The number of carbonyl (C=O) groups excluding carboxylic acids is 1. The second-order valence-corrected chi connectivity index (χ2v) is 4.73. The summed E-state index contributed by atoms with van der Waals surface area (Å²) < 4.78 is 0. The highest BCUT2D eigenvalue weighted by Gasteiger charge is 2.07. The Hall–Kier alpha value is -0.790. The molecule has 2 nitrogen and oxygen atoms in total. The largest absolute Gasteiger partial charge is 0.350 e. The molecule has 1 amide bonds. The maximum absolute atomic E-state index is 11.2. The van der Waals surface area contributed by atoms with Crippen LogP contribution in [0.25, 0.3) is 0 Å². The van der Waals surface area contributed by atoms with Crippen molar-refractivity contribution < 1.29 is 4.79 Å². The number of carbonyl (C=O) groups is 1. The first-order valence-electron chi connectivity index (χ1n) is 7.17. The van der Waals surface area contributed by atoms with Crippen LogP contribution in [-0.2, 0) is 4.79 Å². The van der Waals surface area contributed by atoms with E-state index in [0.29, 0.717) is 6.04 Å². The first-order chi connectivity index (χ1) is 8.24. The van der Waals surface area contributed by atoms with E-state index in [9.17, 15) is 4.79 Å². The van der Waals surface area contributed by atoms with Gasteiger partial charge in [0, 0.05) is 6.04 Å². The summed E-state index contributed by atoms with van der Waals surface area (Å²) in [5.74, 6) is -0.0419. The van der Waals surface area contributed by atoms with E-state index in [1.165, 1.54) is 51.0 Å². The fourth-order valence-corrected chi connectivity index (χ4v) is 1.99. The van der Waals surface area contributed by atoms with Crippen molar-refractivity contribution in [3.63, 3.8) is 0 Å². The van der Waals surface area contributed by atoms with Crippen LogP contribution in [0.1, 0.15) is 71.6 Å². The van der Waals surface area contributed by atoms with Crippen LogP contribution in [0.2, 0.25) is 0 Å². The van der Waals surface area contributed by atoms with Crippen molar-refractivity contribution >= 4 is 5.91 Å². The lowest BCUT2D eigenvalue weighted by atomic mass is 10.0. The molecule has 0 bridgehead atoms. The van der Waals surface area contributed by atoms with E-state index in [2.05, 4.69) is 25.7 Å². The summed E-state index contributed by atoms with van der Waals surface area (Å²) >= 11 is 0. The van der Waals surface area contributed by atoms with Crippen molar-refractivity contribution in [2.45, 2.75) is 77.7 Å². The van der Waals surface area contributed by atoms with Gasteiger partial charge >= 0.3 is 0 Å². The second kappa shape index (κ2) is 11.7. The Kier molecular flexibility index (Phi) is 11.1. The lowest BCUT2D eigenvalue weighted by Crippen LogP contribution is -2.32. The maximum Gasteiger partial charge on any atom is 0.243 e. The molecule has 2 heteroatoms. The molecular formula is C15H29NO. The van der Waals surface area contributed by atoms with Crippen LogP contribution in [0, 0.1) is 0 Å². The van der Waals surface area contributed by atoms with Crippen molar-refractivity contribution in [3.8, 4) is 0 Å². The van der Waals surface area contributed by atoms with Gasteiger partial charge in [-0.1, -0.05) is 65.4 Å². The van der Waals surface area contributed by atoms with Crippen LogP contribution in [0.5, 0.6) is 0 Å². The third-order valence-electron chi connectivity index (χ3n) is 3.18. The van der Waals surface area contributed by atoms with E-state index in [-0.39, 0.29) is 5.91 Å². The van der Waals surface area contributed by atoms with Crippen molar-refractivity contribution in [1.82, 2.24) is 5.32 Å². The number of amides is 1. The summed E-state index contributed by atoms with van der Waals surface area (Å²) in [4.78, 5) is 11.2. The Morgan fingerprint density at radius 1 is 1.12 bits per heavy atom. The molecule has 0 spiro atoms. The third-order valence-corrected chi connectivity index (χ3v) is 3.18. The number of rotatable bonds is 11. The van der Waals surface area contributed by atoms with Crippen LogP contribution in [0.4, 0.5) is 0 Å². The fraction of sp³-hybridized carbons (Fsp3) is 0.800. The Bertz CT molecular complexity index is 201. The van der Waals surface area contributed by atoms with Gasteiger partial charge in [-0.15, -0.1) is 0 Å². The summed E-state index contributed by atoms with van der Waals surface area (Å²) in [6, 6.07) is 0.330. The number of hydrogen-bond acceptors (Lipinski definition) is 1. The van der Waals surface area contributed by atoms with E-state index in [1.54, 1.807) is 0 Å². The van der Waals surface area contributed by atoms with Crippen LogP contribution in [-0.4, -0.2) is 11.9 Å². The molecular weight excluding hydrogens is 210 g/mol. The van der Waals surface area contributed by atoms with Crippen molar-refractivity contribution in [3.05, 3.63) is 12.7 Å². The zero-order chi connectivity index (χ0) is 12.9. The molecule has 0 aromatic carbocycles. The standard InChI is InChI=1S/C15H29NO/c1-4-7-8-9-10-11-12-13-14(5-2)16-15(17)6-3/h6,14H,3-5,7-13H2,1-2H3,(H,16,17). The van der Waals surface area contributed by atoms with Gasteiger partial charge in [0.25, 0.3) is 0 Å². The smallest absolute Gasteiger partial charge is 0.243 e. The summed E-state index contributed by atoms with van der Waals surface area (Å²) in [7, 11) is 0. The molecule has 17 heavy (non-hydrogen) atoms. The van der Waals surface area contributed by atoms with E-state index in [0.717, 1.165) is 12.8 Å². The van der Waals surface area contributed by atoms with E-state index >= 15 is 0 Å². The zero-order valence-electron chi connectivity index (χ0n) is 11.6.